The van der Waals surface area contributed by atoms with Crippen LogP contribution >= 0.6 is 0 Å². The molecule has 1 atom stereocenters. The molecule has 1 unspecified atom stereocenters. The third-order valence-electron chi connectivity index (χ3n) is 3.83. The number of rotatable bonds is 6. The van der Waals surface area contributed by atoms with E-state index < -0.39 is 0 Å². The number of nitrogen functional groups attached to an aromatic ring is 1. The van der Waals surface area contributed by atoms with E-state index in [2.05, 4.69) is 34.1 Å². The molecule has 3 N–H and O–H groups in total. The summed E-state index contributed by atoms with van der Waals surface area (Å²) in [6.07, 6.45) is 1.22. The van der Waals surface area contributed by atoms with Gasteiger partial charge in [0.25, 0.3) is 0 Å². The number of ether oxygens (including phenoxy) is 1. The van der Waals surface area contributed by atoms with E-state index in [4.69, 9.17) is 10.6 Å². The molecule has 2 heterocycles. The number of hydrogen-bond donors (Lipinski definition) is 2. The predicted molar refractivity (Wildman–Crippen MR) is 80.3 cm³/mol. The van der Waals surface area contributed by atoms with Gasteiger partial charge in [0.15, 0.2) is 5.82 Å². The molecule has 1 fully saturated rings. The van der Waals surface area contributed by atoms with Crippen LogP contribution < -0.4 is 16.2 Å². The second-order valence-electron chi connectivity index (χ2n) is 5.55. The highest BCUT2D eigenvalue weighted by molar-refractivity contribution is 5.49. The van der Waals surface area contributed by atoms with Crippen molar-refractivity contribution in [1.82, 2.24) is 9.97 Å². The zero-order valence-corrected chi connectivity index (χ0v) is 12.6. The van der Waals surface area contributed by atoms with Crippen molar-refractivity contribution in [3.8, 4) is 0 Å². The fourth-order valence-electron chi connectivity index (χ4n) is 2.52. The first-order valence-corrected chi connectivity index (χ1v) is 7.31. The molecule has 1 aromatic heterocycles. The van der Waals surface area contributed by atoms with Crippen LogP contribution in [-0.4, -0.2) is 29.7 Å². The van der Waals surface area contributed by atoms with Crippen molar-refractivity contribution in [3.63, 3.8) is 0 Å². The molecule has 0 spiro atoms. The molecular weight excluding hydrogens is 254 g/mol. The third kappa shape index (κ3) is 3.58. The van der Waals surface area contributed by atoms with Gasteiger partial charge in [-0.1, -0.05) is 13.8 Å². The first-order valence-electron chi connectivity index (χ1n) is 7.31. The molecule has 0 saturated carbocycles. The molecule has 0 radical (unpaired) electrons. The fourth-order valence-corrected chi connectivity index (χ4v) is 2.52. The van der Waals surface area contributed by atoms with Crippen LogP contribution in [0.15, 0.2) is 6.07 Å². The van der Waals surface area contributed by atoms with Gasteiger partial charge in [0.2, 0.25) is 0 Å². The molecule has 1 saturated heterocycles. The highest BCUT2D eigenvalue weighted by Crippen LogP contribution is 2.28. The second kappa shape index (κ2) is 6.85. The van der Waals surface area contributed by atoms with Crippen LogP contribution in [0, 0.1) is 11.8 Å². The van der Waals surface area contributed by atoms with Gasteiger partial charge in [-0.2, -0.15) is 0 Å². The molecule has 2 rings (SSSR count). The van der Waals surface area contributed by atoms with Crippen LogP contribution in [0.2, 0.25) is 0 Å². The van der Waals surface area contributed by atoms with Gasteiger partial charge < -0.3 is 15.1 Å². The van der Waals surface area contributed by atoms with Gasteiger partial charge in [-0.05, 0) is 25.2 Å². The molecule has 20 heavy (non-hydrogen) atoms. The first kappa shape index (κ1) is 15.0. The highest BCUT2D eigenvalue weighted by Gasteiger charge is 2.26. The van der Waals surface area contributed by atoms with Crippen LogP contribution in [0.3, 0.4) is 0 Å². The molecule has 0 aliphatic carbocycles. The van der Waals surface area contributed by atoms with E-state index in [1.54, 1.807) is 0 Å². The average molecular weight is 279 g/mol. The van der Waals surface area contributed by atoms with Gasteiger partial charge in [-0.25, -0.2) is 15.8 Å². The maximum absolute atomic E-state index is 5.49. The Bertz CT molecular complexity index is 438. The summed E-state index contributed by atoms with van der Waals surface area (Å²) in [4.78, 5) is 11.2. The lowest BCUT2D eigenvalue weighted by molar-refractivity contribution is 0.128. The van der Waals surface area contributed by atoms with Gasteiger partial charge in [0.05, 0.1) is 0 Å². The zero-order valence-electron chi connectivity index (χ0n) is 12.6. The maximum atomic E-state index is 5.49. The summed E-state index contributed by atoms with van der Waals surface area (Å²) in [5.41, 5.74) is 2.61. The summed E-state index contributed by atoms with van der Waals surface area (Å²) >= 11 is 0. The summed E-state index contributed by atoms with van der Waals surface area (Å²) in [5, 5.41) is 0. The van der Waals surface area contributed by atoms with Crippen molar-refractivity contribution in [3.05, 3.63) is 11.9 Å². The Kier molecular flexibility index (Phi) is 5.14. The quantitative estimate of drug-likeness (QED) is 0.610. The van der Waals surface area contributed by atoms with E-state index in [0.29, 0.717) is 30.8 Å². The third-order valence-corrected chi connectivity index (χ3v) is 3.83. The summed E-state index contributed by atoms with van der Waals surface area (Å²) in [5.74, 6) is 9.17. The van der Waals surface area contributed by atoms with Crippen molar-refractivity contribution >= 4 is 11.6 Å². The van der Waals surface area contributed by atoms with E-state index >= 15 is 0 Å². The predicted octanol–water partition coefficient (Wildman–Crippen LogP) is 1.78. The van der Waals surface area contributed by atoms with Gasteiger partial charge in [-0.15, -0.1) is 0 Å². The van der Waals surface area contributed by atoms with E-state index in [1.165, 1.54) is 6.42 Å². The number of hydrogen-bond acceptors (Lipinski definition) is 6. The summed E-state index contributed by atoms with van der Waals surface area (Å²) < 4.78 is 5.38. The number of nitrogens with one attached hydrogen (secondary N) is 1. The lowest BCUT2D eigenvalue weighted by Crippen LogP contribution is -2.23. The Hall–Kier alpha value is -1.40. The fraction of sp³-hybridized carbons (Fsp3) is 0.714. The highest BCUT2D eigenvalue weighted by atomic mass is 16.5. The topological polar surface area (TPSA) is 76.3 Å². The SMILES string of the molecule is CCOCc1nc(NN)cc(N2CCC(C(C)C)C2)n1. The number of nitrogens with zero attached hydrogens (tertiary/aromatic N) is 3. The average Bonchev–Trinajstić information content (AvgIpc) is 2.94. The molecule has 112 valence electrons. The Morgan fingerprint density at radius 2 is 2.30 bits per heavy atom. The Morgan fingerprint density at radius 3 is 2.90 bits per heavy atom. The molecule has 0 amide bonds. The molecule has 6 heteroatoms. The number of aromatic nitrogens is 2. The first-order chi connectivity index (χ1) is 9.63. The smallest absolute Gasteiger partial charge is 0.158 e. The number of hydrazine groups is 1. The van der Waals surface area contributed by atoms with Crippen LogP contribution in [0.5, 0.6) is 0 Å². The largest absolute Gasteiger partial charge is 0.374 e. The number of anilines is 2. The molecule has 0 bridgehead atoms. The van der Waals surface area contributed by atoms with Gasteiger partial charge in [0, 0.05) is 25.8 Å². The van der Waals surface area contributed by atoms with Crippen LogP contribution in [0.25, 0.3) is 0 Å². The van der Waals surface area contributed by atoms with Gasteiger partial charge in [0.1, 0.15) is 18.2 Å². The molecular formula is C14H25N5O. The van der Waals surface area contributed by atoms with E-state index in [0.717, 1.165) is 24.8 Å². The molecule has 1 aliphatic heterocycles. The van der Waals surface area contributed by atoms with Gasteiger partial charge in [-0.3, -0.25) is 0 Å². The van der Waals surface area contributed by atoms with Crippen LogP contribution in [0.1, 0.15) is 33.0 Å². The Labute approximate surface area is 120 Å². The minimum absolute atomic E-state index is 0.417. The van der Waals surface area contributed by atoms with E-state index in [-0.39, 0.29) is 0 Å². The summed E-state index contributed by atoms with van der Waals surface area (Å²) in [6, 6.07) is 1.90. The van der Waals surface area contributed by atoms with Crippen molar-refractivity contribution in [2.45, 2.75) is 33.8 Å². The van der Waals surface area contributed by atoms with Crippen molar-refractivity contribution in [2.75, 3.05) is 30.0 Å². The minimum atomic E-state index is 0.417. The standard InChI is InChI=1S/C14H25N5O/c1-4-20-9-13-16-12(18-15)7-14(17-13)19-6-5-11(8-19)10(2)3/h7,10-11H,4-6,8-9,15H2,1-3H3,(H,16,17,18). The lowest BCUT2D eigenvalue weighted by Gasteiger charge is -2.20. The normalized spacial score (nSPS) is 18.9. The number of nitrogens with two attached hydrogens (primary N) is 1. The summed E-state index contributed by atoms with van der Waals surface area (Å²) in [6.45, 7) is 9.67. The van der Waals surface area contributed by atoms with Gasteiger partial charge >= 0.3 is 0 Å². The van der Waals surface area contributed by atoms with Crippen molar-refractivity contribution < 1.29 is 4.74 Å². The molecule has 0 aromatic carbocycles. The van der Waals surface area contributed by atoms with E-state index in [1.807, 2.05) is 13.0 Å². The molecule has 1 aromatic rings. The second-order valence-corrected chi connectivity index (χ2v) is 5.55. The zero-order chi connectivity index (χ0) is 14.5. The van der Waals surface area contributed by atoms with E-state index in [9.17, 15) is 0 Å². The lowest BCUT2D eigenvalue weighted by atomic mass is 9.95. The van der Waals surface area contributed by atoms with Crippen LogP contribution in [-0.2, 0) is 11.3 Å². The van der Waals surface area contributed by atoms with Crippen molar-refractivity contribution in [1.29, 1.82) is 0 Å². The summed E-state index contributed by atoms with van der Waals surface area (Å²) in [7, 11) is 0. The Morgan fingerprint density at radius 1 is 1.50 bits per heavy atom. The van der Waals surface area contributed by atoms with Crippen molar-refractivity contribution in [2.24, 2.45) is 17.7 Å². The molecule has 1 aliphatic rings. The monoisotopic (exact) mass is 279 g/mol. The maximum Gasteiger partial charge on any atom is 0.158 e. The van der Waals surface area contributed by atoms with Crippen LogP contribution in [0.4, 0.5) is 11.6 Å². The molecule has 6 nitrogen and oxygen atoms in total. The minimum Gasteiger partial charge on any atom is -0.374 e. The Balaban J connectivity index is 2.14.